The molecule has 0 amide bonds. The van der Waals surface area contributed by atoms with Gasteiger partial charge < -0.3 is 21.0 Å². The lowest BCUT2D eigenvalue weighted by Crippen LogP contribution is -2.30. The molecule has 4 N–H and O–H groups in total. The summed E-state index contributed by atoms with van der Waals surface area (Å²) in [6.07, 6.45) is -0.0495. The Hall–Kier alpha value is -2.38. The van der Waals surface area contributed by atoms with Gasteiger partial charge in [0.05, 0.1) is 11.4 Å². The second-order valence-electron chi connectivity index (χ2n) is 5.13. The van der Waals surface area contributed by atoms with Crippen molar-refractivity contribution >= 4 is 34.9 Å². The molecule has 0 aromatic heterocycles. The molecule has 0 saturated carbocycles. The number of hydrogen-bond acceptors (Lipinski definition) is 6. The van der Waals surface area contributed by atoms with Gasteiger partial charge in [-0.15, -0.1) is 0 Å². The van der Waals surface area contributed by atoms with E-state index in [-0.39, 0.29) is 32.1 Å². The molecule has 0 radical (unpaired) electrons. The summed E-state index contributed by atoms with van der Waals surface area (Å²) in [7, 11) is 0. The number of hydrogen-bond donors (Lipinski definition) is 4. The monoisotopic (exact) mass is 326 g/mol. The van der Waals surface area contributed by atoms with Crippen molar-refractivity contribution in [1.29, 1.82) is 10.8 Å². The summed E-state index contributed by atoms with van der Waals surface area (Å²) in [6, 6.07) is 0. The van der Waals surface area contributed by atoms with Gasteiger partial charge in [0, 0.05) is 12.8 Å². The van der Waals surface area contributed by atoms with E-state index >= 15 is 0 Å². The molecule has 0 unspecified atom stereocenters. The molecule has 8 heteroatoms. The first-order valence-electron chi connectivity index (χ1n) is 7.36. The van der Waals surface area contributed by atoms with Gasteiger partial charge in [0.15, 0.2) is 11.6 Å². The molecule has 0 aliphatic carbocycles. The van der Waals surface area contributed by atoms with Gasteiger partial charge in [0.25, 0.3) is 0 Å². The van der Waals surface area contributed by atoms with Gasteiger partial charge in [0.2, 0.25) is 0 Å². The SMILES string of the molecule is CC[C@H](C(=N)C(=O)CCCC(=O)C(=N)[C@@H](CC)C(=O)O)C(=O)O. The smallest absolute Gasteiger partial charge is 0.312 e. The Morgan fingerprint density at radius 2 is 1.09 bits per heavy atom. The van der Waals surface area contributed by atoms with Crippen LogP contribution < -0.4 is 0 Å². The molecule has 0 aromatic rings. The molecular weight excluding hydrogens is 304 g/mol. The maximum absolute atomic E-state index is 11.8. The minimum Gasteiger partial charge on any atom is -0.481 e. The molecule has 0 aromatic carbocycles. The molecule has 23 heavy (non-hydrogen) atoms. The molecule has 128 valence electrons. The number of carbonyl (C=O) groups is 4. The fourth-order valence-electron chi connectivity index (χ4n) is 2.07. The Morgan fingerprint density at radius 3 is 1.30 bits per heavy atom. The number of ketones is 2. The summed E-state index contributed by atoms with van der Waals surface area (Å²) in [5.41, 5.74) is -1.00. The van der Waals surface area contributed by atoms with Crippen LogP contribution in [0.25, 0.3) is 0 Å². The summed E-state index contributed by atoms with van der Waals surface area (Å²) in [6.45, 7) is 3.12. The number of aliphatic carboxylic acids is 2. The van der Waals surface area contributed by atoms with Crippen molar-refractivity contribution in [1.82, 2.24) is 0 Å². The van der Waals surface area contributed by atoms with Gasteiger partial charge in [-0.2, -0.15) is 0 Å². The maximum atomic E-state index is 11.8. The minimum atomic E-state index is -1.24. The molecule has 0 spiro atoms. The quantitative estimate of drug-likeness (QED) is 0.398. The van der Waals surface area contributed by atoms with Crippen LogP contribution in [0.1, 0.15) is 46.0 Å². The lowest BCUT2D eigenvalue weighted by atomic mass is 9.92. The predicted molar refractivity (Wildman–Crippen MR) is 82.2 cm³/mol. The standard InChI is InChI=1S/C15H22N2O6/c1-3-8(14(20)21)12(16)10(18)6-5-7-11(19)13(17)9(4-2)15(22)23/h8-9,16-17H,3-7H2,1-2H3,(H,20,21)(H,22,23)/t8-,9-/m1/s1. The van der Waals surface area contributed by atoms with E-state index in [9.17, 15) is 19.2 Å². The second kappa shape index (κ2) is 9.60. The first-order chi connectivity index (χ1) is 10.7. The van der Waals surface area contributed by atoms with Gasteiger partial charge >= 0.3 is 11.9 Å². The third-order valence-corrected chi connectivity index (χ3v) is 3.52. The van der Waals surface area contributed by atoms with Crippen LogP contribution in [0.5, 0.6) is 0 Å². The van der Waals surface area contributed by atoms with E-state index in [4.69, 9.17) is 21.0 Å². The molecule has 0 aliphatic rings. The molecule has 0 saturated heterocycles. The van der Waals surface area contributed by atoms with Gasteiger partial charge in [-0.05, 0) is 19.3 Å². The van der Waals surface area contributed by atoms with Crippen LogP contribution in [-0.2, 0) is 19.2 Å². The molecular formula is C15H22N2O6. The van der Waals surface area contributed by atoms with Crippen molar-refractivity contribution in [2.24, 2.45) is 11.8 Å². The Balaban J connectivity index is 4.50. The molecule has 0 aliphatic heterocycles. The lowest BCUT2D eigenvalue weighted by molar-refractivity contribution is -0.140. The zero-order valence-electron chi connectivity index (χ0n) is 13.2. The van der Waals surface area contributed by atoms with Crippen molar-refractivity contribution in [3.05, 3.63) is 0 Å². The van der Waals surface area contributed by atoms with Crippen molar-refractivity contribution in [3.8, 4) is 0 Å². The largest absolute Gasteiger partial charge is 0.481 e. The first kappa shape index (κ1) is 20.6. The van der Waals surface area contributed by atoms with E-state index in [1.165, 1.54) is 0 Å². The van der Waals surface area contributed by atoms with Gasteiger partial charge in [-0.25, -0.2) is 0 Å². The highest BCUT2D eigenvalue weighted by Crippen LogP contribution is 2.11. The molecule has 0 heterocycles. The van der Waals surface area contributed by atoms with Crippen LogP contribution in [0, 0.1) is 22.7 Å². The Kier molecular flexibility index (Phi) is 8.61. The van der Waals surface area contributed by atoms with Crippen LogP contribution >= 0.6 is 0 Å². The van der Waals surface area contributed by atoms with Crippen LogP contribution in [-0.4, -0.2) is 45.1 Å². The number of carbonyl (C=O) groups excluding carboxylic acids is 2. The van der Waals surface area contributed by atoms with Gasteiger partial charge in [-0.1, -0.05) is 13.8 Å². The van der Waals surface area contributed by atoms with E-state index in [1.807, 2.05) is 0 Å². The van der Waals surface area contributed by atoms with E-state index < -0.39 is 46.8 Å². The second-order valence-corrected chi connectivity index (χ2v) is 5.13. The predicted octanol–water partition coefficient (Wildman–Crippen LogP) is 1.56. The summed E-state index contributed by atoms with van der Waals surface area (Å²) >= 11 is 0. The first-order valence-corrected chi connectivity index (χ1v) is 7.36. The van der Waals surface area contributed by atoms with Gasteiger partial charge in [0.1, 0.15) is 11.8 Å². The zero-order valence-corrected chi connectivity index (χ0v) is 13.2. The number of Topliss-reactive ketones (excluding diaryl/α,β-unsaturated/α-hetero) is 2. The molecule has 0 fully saturated rings. The van der Waals surface area contributed by atoms with Crippen LogP contribution in [0.3, 0.4) is 0 Å². The van der Waals surface area contributed by atoms with E-state index in [2.05, 4.69) is 0 Å². The van der Waals surface area contributed by atoms with Crippen molar-refractivity contribution in [2.45, 2.75) is 46.0 Å². The summed E-state index contributed by atoms with van der Waals surface area (Å²) in [5.74, 6) is -6.10. The minimum absolute atomic E-state index is 0.0501. The normalized spacial score (nSPS) is 13.0. The third-order valence-electron chi connectivity index (χ3n) is 3.52. The van der Waals surface area contributed by atoms with Crippen LogP contribution in [0.2, 0.25) is 0 Å². The van der Waals surface area contributed by atoms with Crippen molar-refractivity contribution < 1.29 is 29.4 Å². The molecule has 8 nitrogen and oxygen atoms in total. The number of carboxylic acid groups (broad SMARTS) is 2. The number of carboxylic acids is 2. The lowest BCUT2D eigenvalue weighted by Gasteiger charge is -2.11. The Bertz CT molecular complexity index is 480. The third kappa shape index (κ3) is 6.09. The maximum Gasteiger partial charge on any atom is 0.312 e. The van der Waals surface area contributed by atoms with E-state index in [0.717, 1.165) is 0 Å². The number of rotatable bonds is 12. The summed E-state index contributed by atoms with van der Waals surface area (Å²) in [4.78, 5) is 45.3. The highest BCUT2D eigenvalue weighted by Gasteiger charge is 2.27. The number of nitrogens with one attached hydrogen (secondary N) is 2. The zero-order chi connectivity index (χ0) is 18.2. The topological polar surface area (TPSA) is 156 Å². The fourth-order valence-corrected chi connectivity index (χ4v) is 2.07. The fraction of sp³-hybridized carbons (Fsp3) is 0.600. The van der Waals surface area contributed by atoms with Crippen LogP contribution in [0.4, 0.5) is 0 Å². The van der Waals surface area contributed by atoms with Crippen LogP contribution in [0.15, 0.2) is 0 Å². The van der Waals surface area contributed by atoms with Gasteiger partial charge in [-0.3, -0.25) is 19.2 Å². The van der Waals surface area contributed by atoms with Crippen molar-refractivity contribution in [2.75, 3.05) is 0 Å². The highest BCUT2D eigenvalue weighted by atomic mass is 16.4. The van der Waals surface area contributed by atoms with E-state index in [0.29, 0.717) is 0 Å². The molecule has 0 bridgehead atoms. The summed E-state index contributed by atoms with van der Waals surface area (Å²) in [5, 5.41) is 32.9. The molecule has 2 atom stereocenters. The average Bonchev–Trinajstić information content (AvgIpc) is 2.47. The molecule has 0 rings (SSSR count). The van der Waals surface area contributed by atoms with Crippen molar-refractivity contribution in [3.63, 3.8) is 0 Å². The average molecular weight is 326 g/mol. The van der Waals surface area contributed by atoms with E-state index in [1.54, 1.807) is 13.8 Å². The summed E-state index contributed by atoms with van der Waals surface area (Å²) < 4.78 is 0. The Morgan fingerprint density at radius 1 is 0.783 bits per heavy atom. The highest BCUT2D eigenvalue weighted by molar-refractivity contribution is 6.43. The Labute approximate surface area is 133 Å².